The van der Waals surface area contributed by atoms with Crippen LogP contribution in [-0.2, 0) is 14.3 Å². The van der Waals surface area contributed by atoms with E-state index < -0.39 is 5.97 Å². The van der Waals surface area contributed by atoms with Crippen molar-refractivity contribution in [2.75, 3.05) is 6.61 Å². The molecule has 0 fully saturated rings. The Balaban J connectivity index is 4.48. The van der Waals surface area contributed by atoms with E-state index in [0.717, 1.165) is 12.8 Å². The van der Waals surface area contributed by atoms with Gasteiger partial charge in [0.25, 0.3) is 0 Å². The zero-order valence-corrected chi connectivity index (χ0v) is 9.84. The Bertz CT molecular complexity index is 241. The van der Waals surface area contributed by atoms with E-state index in [1.807, 2.05) is 13.8 Å². The second-order valence-corrected chi connectivity index (χ2v) is 3.34. The first-order valence-corrected chi connectivity index (χ1v) is 5.56. The maximum atomic E-state index is 11.6. The van der Waals surface area contributed by atoms with E-state index in [0.29, 0.717) is 25.0 Å². The number of esters is 1. The summed E-state index contributed by atoms with van der Waals surface area (Å²) < 4.78 is 4.78. The lowest BCUT2D eigenvalue weighted by molar-refractivity contribution is -0.137. The predicted octanol–water partition coefficient (Wildman–Crippen LogP) is 2.65. The van der Waals surface area contributed by atoms with E-state index in [2.05, 4.69) is 0 Å². The number of rotatable bonds is 7. The third kappa shape index (κ3) is 6.05. The van der Waals surface area contributed by atoms with Crippen LogP contribution in [0.25, 0.3) is 0 Å². The third-order valence-corrected chi connectivity index (χ3v) is 1.93. The fraction of sp³-hybridized carbons (Fsp3) is 0.667. The molecule has 0 aromatic carbocycles. The van der Waals surface area contributed by atoms with Crippen molar-refractivity contribution in [2.24, 2.45) is 0 Å². The Morgan fingerprint density at radius 2 is 1.67 bits per heavy atom. The normalized spacial score (nSPS) is 11.3. The number of allylic oxidation sites excluding steroid dienone is 1. The molecule has 0 rings (SSSR count). The highest BCUT2D eigenvalue weighted by molar-refractivity contribution is 6.00. The molecule has 0 bridgehead atoms. The molecule has 15 heavy (non-hydrogen) atoms. The van der Waals surface area contributed by atoms with E-state index in [9.17, 15) is 9.59 Å². The highest BCUT2D eigenvalue weighted by Gasteiger charge is 2.10. The van der Waals surface area contributed by atoms with Crippen LogP contribution in [-0.4, -0.2) is 18.4 Å². The van der Waals surface area contributed by atoms with Crippen molar-refractivity contribution in [1.82, 2.24) is 0 Å². The van der Waals surface area contributed by atoms with Crippen LogP contribution in [0.15, 0.2) is 11.6 Å². The maximum Gasteiger partial charge on any atom is 0.331 e. The van der Waals surface area contributed by atoms with E-state index in [4.69, 9.17) is 4.74 Å². The lowest BCUT2D eigenvalue weighted by atomic mass is 10.0. The number of carbonyl (C=O) groups is 2. The largest absolute Gasteiger partial charge is 0.463 e. The monoisotopic (exact) mass is 212 g/mol. The predicted molar refractivity (Wildman–Crippen MR) is 59.5 cm³/mol. The van der Waals surface area contributed by atoms with Gasteiger partial charge in [-0.2, -0.15) is 0 Å². The Morgan fingerprint density at radius 3 is 2.13 bits per heavy atom. The average molecular weight is 212 g/mol. The summed E-state index contributed by atoms with van der Waals surface area (Å²) in [4.78, 5) is 22.8. The number of hydrogen-bond acceptors (Lipinski definition) is 3. The summed E-state index contributed by atoms with van der Waals surface area (Å²) in [5.41, 5.74) is 0.595. The minimum Gasteiger partial charge on any atom is -0.463 e. The highest BCUT2D eigenvalue weighted by Crippen LogP contribution is 2.10. The molecule has 0 aliphatic heterocycles. The lowest BCUT2D eigenvalue weighted by Gasteiger charge is -2.04. The SMILES string of the molecule is CCCC(=O)/C(=C\C(=O)OCC)CCC. The lowest BCUT2D eigenvalue weighted by Crippen LogP contribution is -2.07. The molecule has 0 amide bonds. The molecule has 0 aliphatic carbocycles. The van der Waals surface area contributed by atoms with Gasteiger partial charge in [-0.25, -0.2) is 4.79 Å². The molecule has 0 aromatic rings. The van der Waals surface area contributed by atoms with Crippen LogP contribution in [0.3, 0.4) is 0 Å². The Labute approximate surface area is 91.5 Å². The van der Waals surface area contributed by atoms with Crippen LogP contribution in [0.2, 0.25) is 0 Å². The van der Waals surface area contributed by atoms with E-state index in [1.54, 1.807) is 6.92 Å². The molecule has 3 nitrogen and oxygen atoms in total. The van der Waals surface area contributed by atoms with Crippen molar-refractivity contribution in [3.05, 3.63) is 11.6 Å². The van der Waals surface area contributed by atoms with Crippen LogP contribution >= 0.6 is 0 Å². The molecule has 0 unspecified atom stereocenters. The molecule has 0 N–H and O–H groups in total. The van der Waals surface area contributed by atoms with Gasteiger partial charge in [0.05, 0.1) is 6.61 Å². The molecule has 0 aliphatic rings. The maximum absolute atomic E-state index is 11.6. The van der Waals surface area contributed by atoms with Crippen LogP contribution in [0.5, 0.6) is 0 Å². The van der Waals surface area contributed by atoms with E-state index in [-0.39, 0.29) is 5.78 Å². The molecular weight excluding hydrogens is 192 g/mol. The first kappa shape index (κ1) is 13.9. The molecule has 0 atom stereocenters. The van der Waals surface area contributed by atoms with Gasteiger partial charge < -0.3 is 4.74 Å². The Kier molecular flexibility index (Phi) is 7.60. The van der Waals surface area contributed by atoms with Gasteiger partial charge >= 0.3 is 5.97 Å². The van der Waals surface area contributed by atoms with Crippen molar-refractivity contribution in [3.63, 3.8) is 0 Å². The molecule has 86 valence electrons. The third-order valence-electron chi connectivity index (χ3n) is 1.93. The van der Waals surface area contributed by atoms with Crippen molar-refractivity contribution < 1.29 is 14.3 Å². The summed E-state index contributed by atoms with van der Waals surface area (Å²) in [7, 11) is 0. The molecule has 0 spiro atoms. The average Bonchev–Trinajstić information content (AvgIpc) is 2.18. The molecule has 0 aromatic heterocycles. The summed E-state index contributed by atoms with van der Waals surface area (Å²) in [6, 6.07) is 0. The number of carbonyl (C=O) groups excluding carboxylic acids is 2. The van der Waals surface area contributed by atoms with Crippen LogP contribution in [0.1, 0.15) is 46.5 Å². The van der Waals surface area contributed by atoms with Crippen molar-refractivity contribution in [1.29, 1.82) is 0 Å². The first-order valence-electron chi connectivity index (χ1n) is 5.56. The van der Waals surface area contributed by atoms with Crippen LogP contribution in [0.4, 0.5) is 0 Å². The van der Waals surface area contributed by atoms with Gasteiger partial charge in [-0.3, -0.25) is 4.79 Å². The number of Topliss-reactive ketones (excluding diaryl/α,β-unsaturated/α-hetero) is 1. The van der Waals surface area contributed by atoms with Gasteiger partial charge in [-0.1, -0.05) is 20.3 Å². The zero-order valence-electron chi connectivity index (χ0n) is 9.84. The summed E-state index contributed by atoms with van der Waals surface area (Å²) in [6.45, 7) is 6.03. The minimum atomic E-state index is -0.412. The molecular formula is C12H20O3. The van der Waals surface area contributed by atoms with Gasteiger partial charge in [0.1, 0.15) is 0 Å². The van der Waals surface area contributed by atoms with Crippen LogP contribution in [0, 0.1) is 0 Å². The van der Waals surface area contributed by atoms with Crippen LogP contribution < -0.4 is 0 Å². The second-order valence-electron chi connectivity index (χ2n) is 3.34. The Hall–Kier alpha value is -1.12. The minimum absolute atomic E-state index is 0.0624. The standard InChI is InChI=1S/C12H20O3/c1-4-7-10(11(13)8-5-2)9-12(14)15-6-3/h9H,4-8H2,1-3H3/b10-9-. The second kappa shape index (κ2) is 8.21. The number of ketones is 1. The van der Waals surface area contributed by atoms with Crippen molar-refractivity contribution >= 4 is 11.8 Å². The van der Waals surface area contributed by atoms with E-state index >= 15 is 0 Å². The topological polar surface area (TPSA) is 43.4 Å². The highest BCUT2D eigenvalue weighted by atomic mass is 16.5. The van der Waals surface area contributed by atoms with Gasteiger partial charge in [0.15, 0.2) is 5.78 Å². The van der Waals surface area contributed by atoms with Gasteiger partial charge in [-0.05, 0) is 19.8 Å². The fourth-order valence-corrected chi connectivity index (χ4v) is 1.28. The summed E-state index contributed by atoms with van der Waals surface area (Å²) in [6.07, 6.45) is 4.16. The number of hydrogen-bond donors (Lipinski definition) is 0. The van der Waals surface area contributed by atoms with Gasteiger partial charge in [0, 0.05) is 18.1 Å². The molecule has 3 heteroatoms. The number of ether oxygens (including phenoxy) is 1. The zero-order chi connectivity index (χ0) is 11.7. The summed E-state index contributed by atoms with van der Waals surface area (Å²) >= 11 is 0. The smallest absolute Gasteiger partial charge is 0.331 e. The quantitative estimate of drug-likeness (QED) is 0.481. The molecule has 0 radical (unpaired) electrons. The summed E-state index contributed by atoms with van der Waals surface area (Å²) in [5, 5.41) is 0. The van der Waals surface area contributed by atoms with Crippen molar-refractivity contribution in [2.45, 2.75) is 46.5 Å². The van der Waals surface area contributed by atoms with Gasteiger partial charge in [-0.15, -0.1) is 0 Å². The fourth-order valence-electron chi connectivity index (χ4n) is 1.28. The molecule has 0 saturated carbocycles. The first-order chi connectivity index (χ1) is 7.15. The van der Waals surface area contributed by atoms with Crippen molar-refractivity contribution in [3.8, 4) is 0 Å². The molecule has 0 saturated heterocycles. The Morgan fingerprint density at radius 1 is 1.07 bits per heavy atom. The summed E-state index contributed by atoms with van der Waals surface area (Å²) in [5.74, 6) is -0.349. The van der Waals surface area contributed by atoms with E-state index in [1.165, 1.54) is 6.08 Å². The molecule has 0 heterocycles. The van der Waals surface area contributed by atoms with Gasteiger partial charge in [0.2, 0.25) is 0 Å².